The number of para-hydroxylation sites is 1. The van der Waals surface area contributed by atoms with Gasteiger partial charge in [0.05, 0.1) is 43.4 Å². The number of morpholine rings is 1. The van der Waals surface area contributed by atoms with Crippen molar-refractivity contribution in [1.29, 1.82) is 0 Å². The molecule has 4 aromatic rings. The van der Waals surface area contributed by atoms with Crippen LogP contribution in [0.1, 0.15) is 23.8 Å². The molecule has 2 aliphatic rings. The molecule has 0 N–H and O–H groups in total. The van der Waals surface area contributed by atoms with Crippen LogP contribution in [0.3, 0.4) is 0 Å². The number of aromatic nitrogens is 2. The topological polar surface area (TPSA) is 76.1 Å². The number of carbonyl (C=O) groups excluding carboxylic acids is 1. The number of amides is 1. The van der Waals surface area contributed by atoms with Gasteiger partial charge in [-0.2, -0.15) is 10.2 Å². The van der Waals surface area contributed by atoms with Gasteiger partial charge in [0.2, 0.25) is 0 Å². The van der Waals surface area contributed by atoms with Gasteiger partial charge < -0.3 is 9.15 Å². The molecule has 1 amide bonds. The van der Waals surface area contributed by atoms with Gasteiger partial charge in [-0.3, -0.25) is 9.69 Å². The number of nitrogens with zero attached hydrogens (tertiary/aromatic N) is 5. The first-order chi connectivity index (χ1) is 17.8. The van der Waals surface area contributed by atoms with E-state index in [4.69, 9.17) is 19.4 Å². The number of carbonyl (C=O) groups is 1. The van der Waals surface area contributed by atoms with Gasteiger partial charge in [-0.05, 0) is 24.3 Å². The van der Waals surface area contributed by atoms with Gasteiger partial charge in [-0.25, -0.2) is 9.69 Å². The third-order valence-electron chi connectivity index (χ3n) is 6.60. The van der Waals surface area contributed by atoms with E-state index in [1.54, 1.807) is 11.3 Å². The molecule has 0 bridgehead atoms. The Morgan fingerprint density at radius 3 is 2.42 bits per heavy atom. The Morgan fingerprint density at radius 2 is 1.69 bits per heavy atom. The van der Waals surface area contributed by atoms with Crippen molar-refractivity contribution in [3.05, 3.63) is 96.6 Å². The van der Waals surface area contributed by atoms with Crippen LogP contribution in [0.25, 0.3) is 16.9 Å². The van der Waals surface area contributed by atoms with Gasteiger partial charge in [0, 0.05) is 36.8 Å². The average molecular weight is 482 g/mol. The van der Waals surface area contributed by atoms with Crippen molar-refractivity contribution in [3.8, 4) is 16.9 Å². The number of hydrogen-bond donors (Lipinski definition) is 0. The second-order valence-corrected chi connectivity index (χ2v) is 8.95. The lowest BCUT2D eigenvalue weighted by atomic mass is 9.98. The maximum absolute atomic E-state index is 13.6. The minimum atomic E-state index is -0.300. The molecule has 0 radical (unpaired) electrons. The van der Waals surface area contributed by atoms with Crippen LogP contribution < -0.4 is 0 Å². The maximum Gasteiger partial charge on any atom is 0.257 e. The van der Waals surface area contributed by atoms with Gasteiger partial charge >= 0.3 is 0 Å². The van der Waals surface area contributed by atoms with E-state index in [-0.39, 0.29) is 11.9 Å². The summed E-state index contributed by atoms with van der Waals surface area (Å²) in [7, 11) is 0. The van der Waals surface area contributed by atoms with E-state index in [1.807, 2.05) is 83.7 Å². The second-order valence-electron chi connectivity index (χ2n) is 8.95. The summed E-state index contributed by atoms with van der Waals surface area (Å²) in [5.74, 6) is 0.633. The zero-order valence-electron chi connectivity index (χ0n) is 19.9. The van der Waals surface area contributed by atoms with Crippen molar-refractivity contribution < 1.29 is 13.9 Å². The van der Waals surface area contributed by atoms with Gasteiger partial charge in [-0.1, -0.05) is 48.5 Å². The van der Waals surface area contributed by atoms with E-state index in [1.165, 1.54) is 0 Å². The number of hydrazone groups is 1. The van der Waals surface area contributed by atoms with Crippen LogP contribution >= 0.6 is 0 Å². The molecule has 36 heavy (non-hydrogen) atoms. The summed E-state index contributed by atoms with van der Waals surface area (Å²) >= 11 is 0. The molecule has 4 heterocycles. The molecule has 0 aliphatic carbocycles. The minimum Gasteiger partial charge on any atom is -0.463 e. The minimum absolute atomic E-state index is 0.0464. The van der Waals surface area contributed by atoms with E-state index in [9.17, 15) is 4.79 Å². The van der Waals surface area contributed by atoms with Crippen molar-refractivity contribution >= 4 is 11.6 Å². The highest BCUT2D eigenvalue weighted by atomic mass is 16.5. The van der Waals surface area contributed by atoms with E-state index in [2.05, 4.69) is 4.90 Å². The summed E-state index contributed by atoms with van der Waals surface area (Å²) in [4.78, 5) is 15.7. The Hall–Kier alpha value is -4.01. The zero-order valence-corrected chi connectivity index (χ0v) is 19.9. The largest absolute Gasteiger partial charge is 0.463 e. The summed E-state index contributed by atoms with van der Waals surface area (Å²) < 4.78 is 13.0. The summed E-state index contributed by atoms with van der Waals surface area (Å²) in [5, 5.41) is 11.4. The van der Waals surface area contributed by atoms with E-state index < -0.39 is 0 Å². The molecular weight excluding hydrogens is 454 g/mol. The zero-order chi connectivity index (χ0) is 24.3. The summed E-state index contributed by atoms with van der Waals surface area (Å²) in [5.41, 5.74) is 4.49. The third-order valence-corrected chi connectivity index (χ3v) is 6.60. The van der Waals surface area contributed by atoms with Crippen LogP contribution in [0.2, 0.25) is 0 Å². The Kier molecular flexibility index (Phi) is 6.19. The summed E-state index contributed by atoms with van der Waals surface area (Å²) in [6.45, 7) is 3.04. The Morgan fingerprint density at radius 1 is 0.944 bits per heavy atom. The number of furan rings is 1. The molecule has 1 atom stereocenters. The second kappa shape index (κ2) is 9.93. The van der Waals surface area contributed by atoms with Crippen LogP contribution in [-0.2, 0) is 9.53 Å². The average Bonchev–Trinajstić information content (AvgIpc) is 3.70. The van der Waals surface area contributed by atoms with Crippen molar-refractivity contribution in [2.24, 2.45) is 5.10 Å². The molecule has 2 aromatic heterocycles. The highest BCUT2D eigenvalue weighted by Crippen LogP contribution is 2.38. The number of hydrogen-bond acceptors (Lipinski definition) is 6. The van der Waals surface area contributed by atoms with Crippen LogP contribution in [0.5, 0.6) is 0 Å². The summed E-state index contributed by atoms with van der Waals surface area (Å²) in [6.07, 6.45) is 4.20. The van der Waals surface area contributed by atoms with E-state index in [0.717, 1.165) is 41.3 Å². The lowest BCUT2D eigenvalue weighted by Crippen LogP contribution is -2.43. The van der Waals surface area contributed by atoms with Crippen LogP contribution in [-0.4, -0.2) is 64.2 Å². The van der Waals surface area contributed by atoms with Gasteiger partial charge in [-0.15, -0.1) is 0 Å². The first kappa shape index (κ1) is 22.5. The van der Waals surface area contributed by atoms with Crippen LogP contribution in [0.15, 0.2) is 94.8 Å². The smallest absolute Gasteiger partial charge is 0.257 e. The predicted octanol–water partition coefficient (Wildman–Crippen LogP) is 4.14. The molecule has 8 heteroatoms. The quantitative estimate of drug-likeness (QED) is 0.414. The van der Waals surface area contributed by atoms with E-state index in [0.29, 0.717) is 31.9 Å². The van der Waals surface area contributed by atoms with Gasteiger partial charge in [0.15, 0.2) is 0 Å². The van der Waals surface area contributed by atoms with E-state index >= 15 is 0 Å². The molecule has 0 spiro atoms. The Labute approximate surface area is 209 Å². The molecule has 0 unspecified atom stereocenters. The lowest BCUT2D eigenvalue weighted by Gasteiger charge is -2.29. The lowest BCUT2D eigenvalue weighted by molar-refractivity contribution is -0.135. The molecule has 1 fully saturated rings. The van der Waals surface area contributed by atoms with Crippen molar-refractivity contribution in [2.75, 3.05) is 32.8 Å². The maximum atomic E-state index is 13.6. The Balaban J connectivity index is 1.40. The normalized spacial score (nSPS) is 18.4. The first-order valence-electron chi connectivity index (χ1n) is 12.2. The highest BCUT2D eigenvalue weighted by Gasteiger charge is 2.37. The van der Waals surface area contributed by atoms with Gasteiger partial charge in [0.25, 0.3) is 5.91 Å². The molecule has 8 nitrogen and oxygen atoms in total. The highest BCUT2D eigenvalue weighted by molar-refractivity contribution is 6.01. The molecule has 2 aliphatic heterocycles. The molecule has 2 aromatic carbocycles. The molecule has 1 saturated heterocycles. The van der Waals surface area contributed by atoms with Crippen molar-refractivity contribution in [2.45, 2.75) is 12.5 Å². The predicted molar refractivity (Wildman–Crippen MR) is 136 cm³/mol. The van der Waals surface area contributed by atoms with Crippen molar-refractivity contribution in [3.63, 3.8) is 0 Å². The van der Waals surface area contributed by atoms with Crippen LogP contribution in [0, 0.1) is 0 Å². The molecule has 6 rings (SSSR count). The fourth-order valence-corrected chi connectivity index (χ4v) is 4.76. The summed E-state index contributed by atoms with van der Waals surface area (Å²) in [6, 6.07) is 23.5. The van der Waals surface area contributed by atoms with Gasteiger partial charge in [0.1, 0.15) is 11.5 Å². The molecule has 0 saturated carbocycles. The number of benzene rings is 2. The Bertz CT molecular complexity index is 1340. The SMILES string of the molecule is O=C(CN1CCOCC1)N1N=C(c2ccco2)C[C@@H]1c1cn(-c2ccccc2)nc1-c1ccccc1. The van der Waals surface area contributed by atoms with Crippen molar-refractivity contribution in [1.82, 2.24) is 19.7 Å². The first-order valence-corrected chi connectivity index (χ1v) is 12.2. The fraction of sp³-hybridized carbons (Fsp3) is 0.250. The monoisotopic (exact) mass is 481 g/mol. The molecular formula is C28H27N5O3. The number of rotatable bonds is 6. The standard InChI is InChI=1S/C28H27N5O3/c34-27(20-31-13-16-35-17-14-31)33-25(18-24(29-33)26-12-7-15-36-26)23-19-32(22-10-5-2-6-11-22)30-28(23)21-8-3-1-4-9-21/h1-12,15,19,25H,13-14,16-18,20H2/t25-/m1/s1. The van der Waals surface area contributed by atoms with Crippen LogP contribution in [0.4, 0.5) is 0 Å². The molecule has 182 valence electrons. The number of ether oxygens (including phenoxy) is 1. The third kappa shape index (κ3) is 4.48. The fourth-order valence-electron chi connectivity index (χ4n) is 4.76.